The lowest BCUT2D eigenvalue weighted by Gasteiger charge is -2.04. The minimum atomic E-state index is -0.342. The Bertz CT molecular complexity index is 570. The highest BCUT2D eigenvalue weighted by Crippen LogP contribution is 2.14. The summed E-state index contributed by atoms with van der Waals surface area (Å²) in [6.07, 6.45) is 0.938. The third-order valence-corrected chi connectivity index (χ3v) is 3.06. The maximum absolute atomic E-state index is 13.4. The van der Waals surface area contributed by atoms with Crippen molar-refractivity contribution in [2.24, 2.45) is 0 Å². The van der Waals surface area contributed by atoms with Gasteiger partial charge in [0.25, 0.3) is 0 Å². The first-order valence-corrected chi connectivity index (χ1v) is 6.01. The van der Waals surface area contributed by atoms with Crippen LogP contribution in [0.5, 0.6) is 0 Å². The Balaban J connectivity index is 2.32. The van der Waals surface area contributed by atoms with Crippen molar-refractivity contribution in [2.45, 2.75) is 20.3 Å². The van der Waals surface area contributed by atoms with Gasteiger partial charge in [0, 0.05) is 11.1 Å². The number of halogens is 1. The van der Waals surface area contributed by atoms with E-state index in [-0.39, 0.29) is 11.6 Å². The summed E-state index contributed by atoms with van der Waals surface area (Å²) in [6, 6.07) is 12.0. The Labute approximate surface area is 106 Å². The highest BCUT2D eigenvalue weighted by atomic mass is 19.1. The molecule has 2 rings (SSSR count). The van der Waals surface area contributed by atoms with Crippen molar-refractivity contribution < 1.29 is 9.18 Å². The molecule has 0 fully saturated rings. The van der Waals surface area contributed by atoms with Gasteiger partial charge in [-0.15, -0.1) is 0 Å². The molecule has 0 aliphatic carbocycles. The van der Waals surface area contributed by atoms with Crippen LogP contribution < -0.4 is 0 Å². The molecule has 0 spiro atoms. The molecule has 0 N–H and O–H groups in total. The van der Waals surface area contributed by atoms with Gasteiger partial charge in [0.15, 0.2) is 5.78 Å². The van der Waals surface area contributed by atoms with E-state index in [1.54, 1.807) is 31.2 Å². The van der Waals surface area contributed by atoms with Gasteiger partial charge < -0.3 is 0 Å². The van der Waals surface area contributed by atoms with Crippen LogP contribution in [0.2, 0.25) is 0 Å². The zero-order valence-electron chi connectivity index (χ0n) is 10.5. The molecular formula is C16H15FO. The predicted octanol–water partition coefficient (Wildman–Crippen LogP) is 3.93. The van der Waals surface area contributed by atoms with Crippen LogP contribution in [0.25, 0.3) is 0 Å². The van der Waals surface area contributed by atoms with E-state index in [0.717, 1.165) is 6.42 Å². The maximum atomic E-state index is 13.4. The van der Waals surface area contributed by atoms with Gasteiger partial charge in [0.2, 0.25) is 0 Å². The van der Waals surface area contributed by atoms with Gasteiger partial charge >= 0.3 is 0 Å². The molecule has 0 atom stereocenters. The van der Waals surface area contributed by atoms with Gasteiger partial charge in [0.05, 0.1) is 0 Å². The normalized spacial score (nSPS) is 10.4. The van der Waals surface area contributed by atoms with Crippen molar-refractivity contribution in [1.82, 2.24) is 0 Å². The molecule has 2 aromatic carbocycles. The van der Waals surface area contributed by atoms with Gasteiger partial charge in [-0.1, -0.05) is 43.3 Å². The van der Waals surface area contributed by atoms with Gasteiger partial charge in [-0.3, -0.25) is 4.79 Å². The SMILES string of the molecule is CCc1ccc(C(=O)c2ccc(C)c(F)c2)cc1. The number of ketones is 1. The fourth-order valence-corrected chi connectivity index (χ4v) is 1.79. The van der Waals surface area contributed by atoms with Crippen LogP contribution in [0.15, 0.2) is 42.5 Å². The van der Waals surface area contributed by atoms with Crippen LogP contribution in [0.1, 0.15) is 34.0 Å². The van der Waals surface area contributed by atoms with Crippen molar-refractivity contribution in [3.63, 3.8) is 0 Å². The summed E-state index contributed by atoms with van der Waals surface area (Å²) in [5.74, 6) is -0.484. The largest absolute Gasteiger partial charge is 0.289 e. The summed E-state index contributed by atoms with van der Waals surface area (Å²) in [5.41, 5.74) is 2.72. The Kier molecular flexibility index (Phi) is 3.56. The highest BCUT2D eigenvalue weighted by Gasteiger charge is 2.10. The van der Waals surface area contributed by atoms with E-state index in [0.29, 0.717) is 16.7 Å². The number of benzene rings is 2. The molecule has 0 aromatic heterocycles. The van der Waals surface area contributed by atoms with Gasteiger partial charge in [0.1, 0.15) is 5.82 Å². The van der Waals surface area contributed by atoms with Crippen LogP contribution in [-0.2, 0) is 6.42 Å². The fourth-order valence-electron chi connectivity index (χ4n) is 1.79. The second kappa shape index (κ2) is 5.13. The highest BCUT2D eigenvalue weighted by molar-refractivity contribution is 6.09. The van der Waals surface area contributed by atoms with Crippen molar-refractivity contribution in [3.05, 3.63) is 70.5 Å². The quantitative estimate of drug-likeness (QED) is 0.745. The van der Waals surface area contributed by atoms with E-state index in [9.17, 15) is 9.18 Å². The summed E-state index contributed by atoms with van der Waals surface area (Å²) in [5, 5.41) is 0. The first-order chi connectivity index (χ1) is 8.61. The lowest BCUT2D eigenvalue weighted by molar-refractivity contribution is 0.103. The van der Waals surface area contributed by atoms with E-state index in [2.05, 4.69) is 6.92 Å². The van der Waals surface area contributed by atoms with Crippen LogP contribution in [-0.4, -0.2) is 5.78 Å². The molecule has 0 aliphatic heterocycles. The number of carbonyl (C=O) groups is 1. The topological polar surface area (TPSA) is 17.1 Å². The first kappa shape index (κ1) is 12.5. The van der Waals surface area contributed by atoms with Crippen LogP contribution >= 0.6 is 0 Å². The fraction of sp³-hybridized carbons (Fsp3) is 0.188. The average Bonchev–Trinajstić information content (AvgIpc) is 2.41. The van der Waals surface area contributed by atoms with Crippen LogP contribution in [0.4, 0.5) is 4.39 Å². The summed E-state index contributed by atoms with van der Waals surface area (Å²) in [4.78, 5) is 12.1. The second-order valence-corrected chi connectivity index (χ2v) is 4.34. The molecule has 2 aromatic rings. The third kappa shape index (κ3) is 2.48. The molecule has 0 radical (unpaired) electrons. The van der Waals surface area contributed by atoms with Crippen molar-refractivity contribution >= 4 is 5.78 Å². The van der Waals surface area contributed by atoms with Crippen molar-refractivity contribution in [1.29, 1.82) is 0 Å². The second-order valence-electron chi connectivity index (χ2n) is 4.34. The van der Waals surface area contributed by atoms with Crippen LogP contribution in [0.3, 0.4) is 0 Å². The standard InChI is InChI=1S/C16H15FO/c1-3-12-5-8-13(9-6-12)16(18)14-7-4-11(2)15(17)10-14/h4-10H,3H2,1-2H3. The Morgan fingerprint density at radius 1 is 1.06 bits per heavy atom. The predicted molar refractivity (Wildman–Crippen MR) is 70.4 cm³/mol. The lowest BCUT2D eigenvalue weighted by atomic mass is 10.0. The molecular weight excluding hydrogens is 227 g/mol. The summed E-state index contributed by atoms with van der Waals surface area (Å²) in [6.45, 7) is 3.74. The molecule has 0 aliphatic rings. The molecule has 0 unspecified atom stereocenters. The number of carbonyl (C=O) groups excluding carboxylic acids is 1. The zero-order chi connectivity index (χ0) is 13.1. The van der Waals surface area contributed by atoms with Gasteiger partial charge in [-0.2, -0.15) is 0 Å². The average molecular weight is 242 g/mol. The zero-order valence-corrected chi connectivity index (χ0v) is 10.5. The maximum Gasteiger partial charge on any atom is 0.193 e. The van der Waals surface area contributed by atoms with Gasteiger partial charge in [-0.25, -0.2) is 4.39 Å². The summed E-state index contributed by atoms with van der Waals surface area (Å²) < 4.78 is 13.4. The monoisotopic (exact) mass is 242 g/mol. The molecule has 0 saturated carbocycles. The Morgan fingerprint density at radius 2 is 1.67 bits per heavy atom. The first-order valence-electron chi connectivity index (χ1n) is 6.01. The Hall–Kier alpha value is -1.96. The van der Waals surface area contributed by atoms with Crippen molar-refractivity contribution in [3.8, 4) is 0 Å². The lowest BCUT2D eigenvalue weighted by Crippen LogP contribution is -2.02. The van der Waals surface area contributed by atoms with Gasteiger partial charge in [-0.05, 0) is 30.5 Å². The third-order valence-electron chi connectivity index (χ3n) is 3.06. The number of rotatable bonds is 3. The molecule has 2 heteroatoms. The molecule has 0 saturated heterocycles. The minimum absolute atomic E-state index is 0.142. The molecule has 0 bridgehead atoms. The van der Waals surface area contributed by atoms with Crippen LogP contribution in [0, 0.1) is 12.7 Å². The number of hydrogen-bond acceptors (Lipinski definition) is 1. The number of hydrogen-bond donors (Lipinski definition) is 0. The van der Waals surface area contributed by atoms with E-state index in [1.165, 1.54) is 11.6 Å². The summed E-state index contributed by atoms with van der Waals surface area (Å²) >= 11 is 0. The summed E-state index contributed by atoms with van der Waals surface area (Å²) in [7, 11) is 0. The van der Waals surface area contributed by atoms with E-state index in [1.807, 2.05) is 12.1 Å². The molecule has 92 valence electrons. The molecule has 18 heavy (non-hydrogen) atoms. The number of aryl methyl sites for hydroxylation is 2. The molecule has 1 nitrogen and oxygen atoms in total. The van der Waals surface area contributed by atoms with E-state index >= 15 is 0 Å². The molecule has 0 heterocycles. The Morgan fingerprint density at radius 3 is 2.22 bits per heavy atom. The van der Waals surface area contributed by atoms with E-state index in [4.69, 9.17) is 0 Å². The van der Waals surface area contributed by atoms with E-state index < -0.39 is 0 Å². The molecule has 0 amide bonds. The smallest absolute Gasteiger partial charge is 0.193 e. The van der Waals surface area contributed by atoms with Crippen molar-refractivity contribution in [2.75, 3.05) is 0 Å². The minimum Gasteiger partial charge on any atom is -0.289 e.